The van der Waals surface area contributed by atoms with Gasteiger partial charge < -0.3 is 10.5 Å². The van der Waals surface area contributed by atoms with Gasteiger partial charge in [0.25, 0.3) is 0 Å². The van der Waals surface area contributed by atoms with Crippen LogP contribution in [0.2, 0.25) is 0 Å². The van der Waals surface area contributed by atoms with Gasteiger partial charge in [0.2, 0.25) is 0 Å². The molecule has 100 valence electrons. The summed E-state index contributed by atoms with van der Waals surface area (Å²) in [6.45, 7) is 1.87. The van der Waals surface area contributed by atoms with Crippen molar-refractivity contribution in [2.75, 3.05) is 5.73 Å². The molecule has 5 heteroatoms. The highest BCUT2D eigenvalue weighted by molar-refractivity contribution is 5.49. The van der Waals surface area contributed by atoms with Gasteiger partial charge in [-0.1, -0.05) is 12.1 Å². The van der Waals surface area contributed by atoms with Crippen molar-refractivity contribution in [3.63, 3.8) is 0 Å². The topological polar surface area (TPSA) is 35.2 Å². The molecule has 0 aliphatic rings. The number of nitrogens with two attached hydrogens (primary N) is 1. The monoisotopic (exact) mass is 267 g/mol. The lowest BCUT2D eigenvalue weighted by molar-refractivity contribution is -0.137. The Labute approximate surface area is 108 Å². The van der Waals surface area contributed by atoms with Gasteiger partial charge >= 0.3 is 6.18 Å². The van der Waals surface area contributed by atoms with Crippen molar-refractivity contribution in [1.82, 2.24) is 0 Å². The normalized spacial score (nSPS) is 11.4. The minimum atomic E-state index is -4.44. The summed E-state index contributed by atoms with van der Waals surface area (Å²) in [5, 5.41) is 0. The van der Waals surface area contributed by atoms with Crippen LogP contribution < -0.4 is 10.5 Å². The molecule has 0 heterocycles. The fraction of sp³-hybridized carbons (Fsp3) is 0.143. The third-order valence-electron chi connectivity index (χ3n) is 2.48. The Morgan fingerprint density at radius 3 is 2.37 bits per heavy atom. The third kappa shape index (κ3) is 3.40. The van der Waals surface area contributed by atoms with Gasteiger partial charge in [-0.2, -0.15) is 13.2 Å². The number of hydrogen-bond acceptors (Lipinski definition) is 2. The zero-order valence-corrected chi connectivity index (χ0v) is 10.2. The highest BCUT2D eigenvalue weighted by atomic mass is 19.4. The molecule has 0 fully saturated rings. The van der Waals surface area contributed by atoms with Crippen molar-refractivity contribution in [2.24, 2.45) is 0 Å². The van der Waals surface area contributed by atoms with Gasteiger partial charge in [0, 0.05) is 11.8 Å². The van der Waals surface area contributed by atoms with Crippen LogP contribution in [0, 0.1) is 6.92 Å². The van der Waals surface area contributed by atoms with Crippen molar-refractivity contribution >= 4 is 5.69 Å². The molecule has 0 unspecified atom stereocenters. The third-order valence-corrected chi connectivity index (χ3v) is 2.48. The van der Waals surface area contributed by atoms with Crippen LogP contribution in [-0.4, -0.2) is 0 Å². The van der Waals surface area contributed by atoms with E-state index in [4.69, 9.17) is 10.5 Å². The van der Waals surface area contributed by atoms with Crippen LogP contribution in [0.4, 0.5) is 18.9 Å². The van der Waals surface area contributed by atoms with E-state index in [-0.39, 0.29) is 11.4 Å². The SMILES string of the molecule is Cc1cccc(Oc2cc(N)cc(C(F)(F)F)c2)c1. The molecule has 0 spiro atoms. The van der Waals surface area contributed by atoms with Crippen molar-refractivity contribution in [2.45, 2.75) is 13.1 Å². The van der Waals surface area contributed by atoms with E-state index in [0.29, 0.717) is 5.75 Å². The molecule has 2 aromatic carbocycles. The summed E-state index contributed by atoms with van der Waals surface area (Å²) >= 11 is 0. The van der Waals surface area contributed by atoms with Crippen LogP contribution in [0.5, 0.6) is 11.5 Å². The molecule has 19 heavy (non-hydrogen) atoms. The molecule has 2 nitrogen and oxygen atoms in total. The number of benzene rings is 2. The second-order valence-electron chi connectivity index (χ2n) is 4.21. The predicted octanol–water partition coefficient (Wildman–Crippen LogP) is 4.39. The highest BCUT2D eigenvalue weighted by Gasteiger charge is 2.31. The average Bonchev–Trinajstić information content (AvgIpc) is 2.26. The molecule has 0 aromatic heterocycles. The molecule has 0 radical (unpaired) electrons. The van der Waals surface area contributed by atoms with E-state index in [1.807, 2.05) is 13.0 Å². The molecule has 2 aromatic rings. The molecule has 0 aliphatic heterocycles. The zero-order chi connectivity index (χ0) is 14.0. The molecular formula is C14H12F3NO. The molecule has 0 saturated carbocycles. The molecule has 0 atom stereocenters. The predicted molar refractivity (Wildman–Crippen MR) is 67.1 cm³/mol. The molecular weight excluding hydrogens is 255 g/mol. The summed E-state index contributed by atoms with van der Waals surface area (Å²) in [6.07, 6.45) is -4.44. The van der Waals surface area contributed by atoms with Crippen LogP contribution in [0.15, 0.2) is 42.5 Å². The lowest BCUT2D eigenvalue weighted by atomic mass is 10.2. The Morgan fingerprint density at radius 2 is 1.74 bits per heavy atom. The number of aryl methyl sites for hydroxylation is 1. The number of halogens is 3. The van der Waals surface area contributed by atoms with Crippen LogP contribution in [0.25, 0.3) is 0 Å². The highest BCUT2D eigenvalue weighted by Crippen LogP contribution is 2.34. The van der Waals surface area contributed by atoms with E-state index in [1.165, 1.54) is 6.07 Å². The lowest BCUT2D eigenvalue weighted by Crippen LogP contribution is -2.06. The number of hydrogen-bond donors (Lipinski definition) is 1. The van der Waals surface area contributed by atoms with Crippen molar-refractivity contribution in [3.8, 4) is 11.5 Å². The first-order chi connectivity index (χ1) is 8.84. The number of anilines is 1. The van der Waals surface area contributed by atoms with E-state index >= 15 is 0 Å². The maximum atomic E-state index is 12.6. The van der Waals surface area contributed by atoms with Crippen molar-refractivity contribution < 1.29 is 17.9 Å². The molecule has 2 rings (SSSR count). The average molecular weight is 267 g/mol. The maximum absolute atomic E-state index is 12.6. The first-order valence-corrected chi connectivity index (χ1v) is 5.57. The lowest BCUT2D eigenvalue weighted by Gasteiger charge is -2.11. The fourth-order valence-electron chi connectivity index (χ4n) is 1.66. The van der Waals surface area contributed by atoms with E-state index in [9.17, 15) is 13.2 Å². The van der Waals surface area contributed by atoms with Gasteiger partial charge in [-0.15, -0.1) is 0 Å². The summed E-state index contributed by atoms with van der Waals surface area (Å²) in [7, 11) is 0. The Kier molecular flexibility index (Phi) is 3.38. The summed E-state index contributed by atoms with van der Waals surface area (Å²) in [4.78, 5) is 0. The molecule has 0 saturated heterocycles. The summed E-state index contributed by atoms with van der Waals surface area (Å²) in [6, 6.07) is 10.2. The van der Waals surface area contributed by atoms with Crippen molar-refractivity contribution in [1.29, 1.82) is 0 Å². The fourth-order valence-corrected chi connectivity index (χ4v) is 1.66. The molecule has 0 bridgehead atoms. The standard InChI is InChI=1S/C14H12F3NO/c1-9-3-2-4-12(5-9)19-13-7-10(14(15,16)17)6-11(18)8-13/h2-8H,18H2,1H3. The van der Waals surface area contributed by atoms with E-state index < -0.39 is 11.7 Å². The minimum Gasteiger partial charge on any atom is -0.457 e. The second kappa shape index (κ2) is 4.84. The van der Waals surface area contributed by atoms with Gasteiger partial charge in [-0.25, -0.2) is 0 Å². The molecule has 0 amide bonds. The number of rotatable bonds is 2. The molecule has 0 aliphatic carbocycles. The largest absolute Gasteiger partial charge is 0.457 e. The van der Waals surface area contributed by atoms with E-state index in [1.54, 1.807) is 18.2 Å². The number of ether oxygens (including phenoxy) is 1. The van der Waals surface area contributed by atoms with Crippen LogP contribution in [-0.2, 0) is 6.18 Å². The smallest absolute Gasteiger partial charge is 0.416 e. The van der Waals surface area contributed by atoms with E-state index in [0.717, 1.165) is 17.7 Å². The zero-order valence-electron chi connectivity index (χ0n) is 10.2. The number of alkyl halides is 3. The van der Waals surface area contributed by atoms with Gasteiger partial charge in [0.05, 0.1) is 5.56 Å². The van der Waals surface area contributed by atoms with Crippen LogP contribution >= 0.6 is 0 Å². The minimum absolute atomic E-state index is 0.0116. The maximum Gasteiger partial charge on any atom is 0.416 e. The second-order valence-corrected chi connectivity index (χ2v) is 4.21. The summed E-state index contributed by atoms with van der Waals surface area (Å²) < 4.78 is 43.3. The Morgan fingerprint density at radius 1 is 1.00 bits per heavy atom. The van der Waals surface area contributed by atoms with Crippen LogP contribution in [0.3, 0.4) is 0 Å². The first-order valence-electron chi connectivity index (χ1n) is 5.57. The quantitative estimate of drug-likeness (QED) is 0.819. The molecule has 2 N–H and O–H groups in total. The Hall–Kier alpha value is -2.17. The van der Waals surface area contributed by atoms with Gasteiger partial charge in [-0.05, 0) is 36.8 Å². The van der Waals surface area contributed by atoms with Crippen LogP contribution in [0.1, 0.15) is 11.1 Å². The Bertz CT molecular complexity index is 593. The first kappa shape index (κ1) is 13.3. The van der Waals surface area contributed by atoms with Gasteiger partial charge in [-0.3, -0.25) is 0 Å². The van der Waals surface area contributed by atoms with E-state index in [2.05, 4.69) is 0 Å². The van der Waals surface area contributed by atoms with Gasteiger partial charge in [0.15, 0.2) is 0 Å². The van der Waals surface area contributed by atoms with Crippen molar-refractivity contribution in [3.05, 3.63) is 53.6 Å². The van der Waals surface area contributed by atoms with Gasteiger partial charge in [0.1, 0.15) is 11.5 Å². The summed E-state index contributed by atoms with van der Waals surface area (Å²) in [5.41, 5.74) is 5.60. The number of nitrogen functional groups attached to an aromatic ring is 1. The summed E-state index contributed by atoms with van der Waals surface area (Å²) in [5.74, 6) is 0.539. The Balaban J connectivity index is 2.33.